The van der Waals surface area contributed by atoms with Crippen LogP contribution in [-0.2, 0) is 4.79 Å². The summed E-state index contributed by atoms with van der Waals surface area (Å²) in [5.74, 6) is -0.770. The molecule has 0 atom stereocenters. The second-order valence-electron chi connectivity index (χ2n) is 7.33. The Labute approximate surface area is 186 Å². The maximum Gasteiger partial charge on any atom is 0.261 e. The predicted molar refractivity (Wildman–Crippen MR) is 118 cm³/mol. The topological polar surface area (TPSA) is 60.9 Å². The summed E-state index contributed by atoms with van der Waals surface area (Å²) >= 11 is 12.5. The third-order valence-corrected chi connectivity index (χ3v) is 5.75. The van der Waals surface area contributed by atoms with Crippen LogP contribution in [0.1, 0.15) is 33.6 Å². The van der Waals surface area contributed by atoms with Crippen LogP contribution in [0.2, 0.25) is 10.0 Å². The molecule has 2 aromatic rings. The van der Waals surface area contributed by atoms with Gasteiger partial charge in [0.05, 0.1) is 26.9 Å². The van der Waals surface area contributed by atoms with Crippen molar-refractivity contribution in [3.05, 3.63) is 63.6 Å². The van der Waals surface area contributed by atoms with Crippen molar-refractivity contribution in [3.63, 3.8) is 0 Å². The molecule has 0 saturated heterocycles. The molecule has 0 radical (unpaired) electrons. The summed E-state index contributed by atoms with van der Waals surface area (Å²) in [4.78, 5) is 42.7. The fourth-order valence-corrected chi connectivity index (χ4v) is 3.74. The first-order valence-electron chi connectivity index (χ1n) is 9.65. The summed E-state index contributed by atoms with van der Waals surface area (Å²) in [7, 11) is 3.84. The van der Waals surface area contributed by atoms with E-state index in [1.165, 1.54) is 4.90 Å². The fraction of sp³-hybridized carbons (Fsp3) is 0.318. The summed E-state index contributed by atoms with van der Waals surface area (Å²) in [5, 5.41) is 0.703. The first-order valence-corrected chi connectivity index (χ1v) is 10.4. The van der Waals surface area contributed by atoms with Crippen LogP contribution < -0.4 is 4.90 Å². The fourth-order valence-electron chi connectivity index (χ4n) is 3.35. The van der Waals surface area contributed by atoms with Crippen molar-refractivity contribution >= 4 is 46.6 Å². The molecule has 6 nitrogen and oxygen atoms in total. The van der Waals surface area contributed by atoms with E-state index in [4.69, 9.17) is 23.2 Å². The van der Waals surface area contributed by atoms with Crippen molar-refractivity contribution in [2.75, 3.05) is 38.6 Å². The molecule has 0 bridgehead atoms. The van der Waals surface area contributed by atoms with Crippen molar-refractivity contribution in [2.45, 2.75) is 12.8 Å². The Morgan fingerprint density at radius 1 is 0.933 bits per heavy atom. The molecule has 1 heterocycles. The first kappa shape index (κ1) is 22.3. The molecule has 1 aliphatic rings. The minimum atomic E-state index is -0.314. The second kappa shape index (κ2) is 9.60. The third-order valence-electron chi connectivity index (χ3n) is 4.94. The maximum atomic E-state index is 13.0. The highest BCUT2D eigenvalue weighted by Crippen LogP contribution is 2.33. The molecule has 0 unspecified atom stereocenters. The van der Waals surface area contributed by atoms with Gasteiger partial charge in [0, 0.05) is 26.1 Å². The van der Waals surface area contributed by atoms with Crippen molar-refractivity contribution in [1.29, 1.82) is 0 Å². The normalized spacial score (nSPS) is 13.2. The Bertz CT molecular complexity index is 943. The summed E-state index contributed by atoms with van der Waals surface area (Å²) in [6, 6.07) is 11.9. The smallest absolute Gasteiger partial charge is 0.261 e. The molecular formula is C22H23Cl2N3O3. The number of likely N-dealkylation sites (N-methyl/N-ethyl adjacent to an activating group) is 1. The SMILES string of the molecule is CN(C)CCN(C(=O)CCCN1C(=O)c2ccccc2C1=O)c1cccc(Cl)c1Cl. The summed E-state index contributed by atoms with van der Waals surface area (Å²) in [6.07, 6.45) is 0.532. The van der Waals surface area contributed by atoms with E-state index in [1.807, 2.05) is 19.0 Å². The molecule has 1 aliphatic heterocycles. The molecule has 0 saturated carbocycles. The molecular weight excluding hydrogens is 425 g/mol. The van der Waals surface area contributed by atoms with E-state index in [9.17, 15) is 14.4 Å². The highest BCUT2D eigenvalue weighted by molar-refractivity contribution is 6.44. The van der Waals surface area contributed by atoms with Gasteiger partial charge >= 0.3 is 0 Å². The van der Waals surface area contributed by atoms with Crippen LogP contribution in [0.3, 0.4) is 0 Å². The average molecular weight is 448 g/mol. The number of carbonyl (C=O) groups excluding carboxylic acids is 3. The molecule has 0 N–H and O–H groups in total. The Hall–Kier alpha value is -2.41. The number of benzene rings is 2. The number of anilines is 1. The minimum Gasteiger partial charge on any atom is -0.310 e. The lowest BCUT2D eigenvalue weighted by Crippen LogP contribution is -2.37. The van der Waals surface area contributed by atoms with Gasteiger partial charge in [-0.05, 0) is 44.8 Å². The number of hydrogen-bond donors (Lipinski definition) is 0. The lowest BCUT2D eigenvalue weighted by molar-refractivity contribution is -0.118. The van der Waals surface area contributed by atoms with Gasteiger partial charge in [-0.3, -0.25) is 19.3 Å². The molecule has 158 valence electrons. The van der Waals surface area contributed by atoms with E-state index in [1.54, 1.807) is 47.4 Å². The number of halogens is 2. The standard InChI is InChI=1S/C22H23Cl2N3O3/c1-25(2)13-14-26(18-10-5-9-17(23)20(18)24)19(28)11-6-12-27-21(29)15-7-3-4-8-16(15)22(27)30/h3-5,7-10H,6,11-14H2,1-2H3. The van der Waals surface area contributed by atoms with Crippen LogP contribution in [0.4, 0.5) is 5.69 Å². The Balaban J connectivity index is 1.67. The molecule has 0 aliphatic carbocycles. The Morgan fingerprint density at radius 3 is 2.17 bits per heavy atom. The van der Waals surface area contributed by atoms with Crippen LogP contribution in [0, 0.1) is 0 Å². The zero-order chi connectivity index (χ0) is 21.8. The monoisotopic (exact) mass is 447 g/mol. The number of amides is 3. The van der Waals surface area contributed by atoms with Crippen molar-refractivity contribution in [1.82, 2.24) is 9.80 Å². The van der Waals surface area contributed by atoms with Crippen molar-refractivity contribution in [3.8, 4) is 0 Å². The minimum absolute atomic E-state index is 0.141. The second-order valence-corrected chi connectivity index (χ2v) is 8.12. The first-order chi connectivity index (χ1) is 14.3. The van der Waals surface area contributed by atoms with Gasteiger partial charge in [0.1, 0.15) is 0 Å². The van der Waals surface area contributed by atoms with E-state index in [0.29, 0.717) is 46.4 Å². The van der Waals surface area contributed by atoms with Gasteiger partial charge in [0.2, 0.25) is 5.91 Å². The predicted octanol–water partition coefficient (Wildman–Crippen LogP) is 3.96. The zero-order valence-corrected chi connectivity index (χ0v) is 18.4. The summed E-state index contributed by atoms with van der Waals surface area (Å²) in [5.41, 5.74) is 1.37. The highest BCUT2D eigenvalue weighted by atomic mass is 35.5. The van der Waals surface area contributed by atoms with Crippen LogP contribution >= 0.6 is 23.2 Å². The van der Waals surface area contributed by atoms with E-state index in [-0.39, 0.29) is 30.7 Å². The maximum absolute atomic E-state index is 13.0. The third kappa shape index (κ3) is 4.67. The van der Waals surface area contributed by atoms with Crippen molar-refractivity contribution in [2.24, 2.45) is 0 Å². The Morgan fingerprint density at radius 2 is 1.57 bits per heavy atom. The summed E-state index contributed by atoms with van der Waals surface area (Å²) < 4.78 is 0. The van der Waals surface area contributed by atoms with Crippen LogP contribution in [-0.4, -0.2) is 61.3 Å². The molecule has 0 aromatic heterocycles. The zero-order valence-electron chi connectivity index (χ0n) is 16.9. The molecule has 3 rings (SSSR count). The molecule has 3 amide bonds. The number of fused-ring (bicyclic) bond motifs is 1. The number of carbonyl (C=O) groups is 3. The lowest BCUT2D eigenvalue weighted by Gasteiger charge is -2.26. The molecule has 0 fully saturated rings. The number of hydrogen-bond acceptors (Lipinski definition) is 4. The summed E-state index contributed by atoms with van der Waals surface area (Å²) in [6.45, 7) is 1.27. The largest absolute Gasteiger partial charge is 0.310 e. The molecule has 2 aromatic carbocycles. The van der Waals surface area contributed by atoms with Gasteiger partial charge in [-0.15, -0.1) is 0 Å². The van der Waals surface area contributed by atoms with Gasteiger partial charge in [0.25, 0.3) is 11.8 Å². The molecule has 30 heavy (non-hydrogen) atoms. The lowest BCUT2D eigenvalue weighted by atomic mass is 10.1. The van der Waals surface area contributed by atoms with E-state index >= 15 is 0 Å². The average Bonchev–Trinajstić information content (AvgIpc) is 2.96. The quantitative estimate of drug-likeness (QED) is 0.574. The van der Waals surface area contributed by atoms with Gasteiger partial charge in [-0.25, -0.2) is 0 Å². The van der Waals surface area contributed by atoms with E-state index in [2.05, 4.69) is 0 Å². The van der Waals surface area contributed by atoms with Crippen LogP contribution in [0.25, 0.3) is 0 Å². The molecule has 0 spiro atoms. The van der Waals surface area contributed by atoms with Crippen LogP contribution in [0.5, 0.6) is 0 Å². The van der Waals surface area contributed by atoms with Gasteiger partial charge in [-0.1, -0.05) is 41.4 Å². The van der Waals surface area contributed by atoms with E-state index < -0.39 is 0 Å². The molecule has 8 heteroatoms. The van der Waals surface area contributed by atoms with E-state index in [0.717, 1.165) is 0 Å². The number of imide groups is 1. The number of rotatable bonds is 8. The highest BCUT2D eigenvalue weighted by Gasteiger charge is 2.34. The number of nitrogens with zero attached hydrogens (tertiary/aromatic N) is 3. The van der Waals surface area contributed by atoms with Gasteiger partial charge < -0.3 is 9.80 Å². The Kier molecular flexibility index (Phi) is 7.13. The van der Waals surface area contributed by atoms with Gasteiger partial charge in [0.15, 0.2) is 0 Å². The van der Waals surface area contributed by atoms with Crippen molar-refractivity contribution < 1.29 is 14.4 Å². The van der Waals surface area contributed by atoms with Gasteiger partial charge in [-0.2, -0.15) is 0 Å². The van der Waals surface area contributed by atoms with Crippen LogP contribution in [0.15, 0.2) is 42.5 Å².